The number of aromatic amines is 1. The molecule has 0 atom stereocenters. The summed E-state index contributed by atoms with van der Waals surface area (Å²) in [7, 11) is 0. The molecule has 5 aromatic rings. The minimum absolute atomic E-state index is 0.00120. The van der Waals surface area contributed by atoms with Crippen molar-refractivity contribution in [3.63, 3.8) is 0 Å². The minimum Gasteiger partial charge on any atom is -0.306 e. The number of alkyl halides is 3. The lowest BCUT2D eigenvalue weighted by molar-refractivity contribution is -0.137. The van der Waals surface area contributed by atoms with Crippen LogP contribution in [-0.2, 0) is 12.6 Å². The highest BCUT2D eigenvalue weighted by Gasteiger charge is 2.36. The largest absolute Gasteiger partial charge is 0.417 e. The highest BCUT2D eigenvalue weighted by atomic mass is 32.1. The maximum atomic E-state index is 14.9. The van der Waals surface area contributed by atoms with E-state index in [0.29, 0.717) is 16.4 Å². The number of rotatable bonds is 6. The van der Waals surface area contributed by atoms with Crippen molar-refractivity contribution in [3.05, 3.63) is 104 Å². The standard InChI is InChI=1S/C24H14F5N7O2S/c25-12-2-4-14(5-3-12)36-19(8-13(35-36)9-20-33-34-23(38)39-20)32-22(37)16-10-15(21-30-6-1-7-31-21)17(11-18(16)26)24(27,28)29/h1-8,10-11H,9H2,(H,32,37)(H,34,38). The van der Waals surface area contributed by atoms with Crippen molar-refractivity contribution in [2.75, 3.05) is 5.32 Å². The molecule has 9 nitrogen and oxygen atoms in total. The first kappa shape index (κ1) is 25.8. The van der Waals surface area contributed by atoms with E-state index in [0.717, 1.165) is 29.5 Å². The van der Waals surface area contributed by atoms with Gasteiger partial charge in [-0.2, -0.15) is 23.4 Å². The molecule has 0 saturated carbocycles. The smallest absolute Gasteiger partial charge is 0.306 e. The molecule has 2 aromatic carbocycles. The van der Waals surface area contributed by atoms with Crippen molar-refractivity contribution < 1.29 is 26.7 Å². The van der Waals surface area contributed by atoms with Crippen LogP contribution in [0.1, 0.15) is 26.6 Å². The Morgan fingerprint density at radius 3 is 2.41 bits per heavy atom. The van der Waals surface area contributed by atoms with Gasteiger partial charge in [0.05, 0.1) is 22.5 Å². The number of hydrogen-bond donors (Lipinski definition) is 2. The van der Waals surface area contributed by atoms with E-state index < -0.39 is 40.4 Å². The van der Waals surface area contributed by atoms with Gasteiger partial charge < -0.3 is 5.32 Å². The molecule has 3 heterocycles. The fourth-order valence-electron chi connectivity index (χ4n) is 3.66. The Kier molecular flexibility index (Phi) is 6.74. The summed E-state index contributed by atoms with van der Waals surface area (Å²) in [6, 6.07) is 8.80. The molecule has 0 fully saturated rings. The minimum atomic E-state index is -4.95. The van der Waals surface area contributed by atoms with Gasteiger partial charge in [0.15, 0.2) is 5.82 Å². The molecule has 2 N–H and O–H groups in total. The van der Waals surface area contributed by atoms with Gasteiger partial charge >= 0.3 is 11.0 Å². The zero-order valence-corrected chi connectivity index (χ0v) is 20.1. The molecule has 0 aliphatic carbocycles. The van der Waals surface area contributed by atoms with Crippen molar-refractivity contribution in [1.29, 1.82) is 0 Å². The second-order valence-electron chi connectivity index (χ2n) is 7.99. The molecule has 0 unspecified atom stereocenters. The van der Waals surface area contributed by atoms with Crippen LogP contribution < -0.4 is 10.2 Å². The molecule has 0 aliphatic heterocycles. The zero-order valence-electron chi connectivity index (χ0n) is 19.3. The number of aromatic nitrogens is 6. The van der Waals surface area contributed by atoms with Crippen LogP contribution in [0.3, 0.4) is 0 Å². The van der Waals surface area contributed by atoms with E-state index in [4.69, 9.17) is 0 Å². The van der Waals surface area contributed by atoms with Gasteiger partial charge in [-0.25, -0.2) is 28.5 Å². The van der Waals surface area contributed by atoms with E-state index in [1.807, 2.05) is 0 Å². The molecule has 198 valence electrons. The van der Waals surface area contributed by atoms with Crippen molar-refractivity contribution in [2.24, 2.45) is 0 Å². The van der Waals surface area contributed by atoms with Gasteiger partial charge in [-0.05, 0) is 42.5 Å². The van der Waals surface area contributed by atoms with Crippen LogP contribution in [0.5, 0.6) is 0 Å². The number of hydrogen-bond acceptors (Lipinski definition) is 7. The normalized spacial score (nSPS) is 11.5. The number of halogens is 5. The maximum absolute atomic E-state index is 14.9. The summed E-state index contributed by atoms with van der Waals surface area (Å²) in [5.74, 6) is -3.39. The number of carbonyl (C=O) groups is 1. The highest BCUT2D eigenvalue weighted by molar-refractivity contribution is 7.08. The van der Waals surface area contributed by atoms with Gasteiger partial charge in [-0.15, -0.1) is 0 Å². The third-order valence-electron chi connectivity index (χ3n) is 5.35. The summed E-state index contributed by atoms with van der Waals surface area (Å²) >= 11 is 0.849. The van der Waals surface area contributed by atoms with E-state index in [1.54, 1.807) is 0 Å². The first-order valence-electron chi connectivity index (χ1n) is 11.0. The Morgan fingerprint density at radius 1 is 1.05 bits per heavy atom. The summed E-state index contributed by atoms with van der Waals surface area (Å²) in [5.41, 5.74) is -1.98. The quantitative estimate of drug-likeness (QED) is 0.293. The molecule has 0 bridgehead atoms. The van der Waals surface area contributed by atoms with Crippen LogP contribution in [0, 0.1) is 11.6 Å². The summed E-state index contributed by atoms with van der Waals surface area (Å²) < 4.78 is 70.6. The van der Waals surface area contributed by atoms with Crippen molar-refractivity contribution in [1.82, 2.24) is 29.9 Å². The van der Waals surface area contributed by atoms with Crippen molar-refractivity contribution >= 4 is 23.1 Å². The molecule has 0 spiro atoms. The second kappa shape index (κ2) is 10.2. The van der Waals surface area contributed by atoms with Gasteiger partial charge in [0.2, 0.25) is 0 Å². The Bertz CT molecular complexity index is 1710. The molecule has 3 aromatic heterocycles. The summed E-state index contributed by atoms with van der Waals surface area (Å²) in [4.78, 5) is 31.8. The van der Waals surface area contributed by atoms with Gasteiger partial charge in [0, 0.05) is 30.4 Å². The Hall–Kier alpha value is -4.79. The molecule has 0 radical (unpaired) electrons. The first-order chi connectivity index (χ1) is 18.6. The van der Waals surface area contributed by atoms with E-state index in [9.17, 15) is 31.5 Å². The summed E-state index contributed by atoms with van der Waals surface area (Å²) in [5, 5.41) is 13.3. The van der Waals surface area contributed by atoms with Crippen LogP contribution in [0.15, 0.2) is 65.7 Å². The van der Waals surface area contributed by atoms with Crippen LogP contribution in [0.4, 0.5) is 27.8 Å². The highest BCUT2D eigenvalue weighted by Crippen LogP contribution is 2.37. The van der Waals surface area contributed by atoms with Gasteiger partial charge in [-0.3, -0.25) is 9.59 Å². The van der Waals surface area contributed by atoms with Crippen molar-refractivity contribution in [3.8, 4) is 17.1 Å². The number of H-pyrrole nitrogens is 1. The number of carbonyl (C=O) groups excluding carboxylic acids is 1. The number of amides is 1. The third-order valence-corrected chi connectivity index (χ3v) is 6.10. The third kappa shape index (κ3) is 5.57. The predicted octanol–water partition coefficient (Wildman–Crippen LogP) is 4.61. The van der Waals surface area contributed by atoms with Crippen molar-refractivity contribution in [2.45, 2.75) is 12.6 Å². The van der Waals surface area contributed by atoms with Crippen LogP contribution in [-0.4, -0.2) is 35.9 Å². The molecule has 1 amide bonds. The Labute approximate surface area is 219 Å². The van der Waals surface area contributed by atoms with E-state index in [-0.39, 0.29) is 29.0 Å². The average molecular weight is 559 g/mol. The van der Waals surface area contributed by atoms with E-state index in [2.05, 4.69) is 30.6 Å². The van der Waals surface area contributed by atoms with Gasteiger partial charge in [0.25, 0.3) is 5.91 Å². The number of benzene rings is 2. The number of nitrogens with zero attached hydrogens (tertiary/aromatic N) is 5. The molecule has 0 aliphatic rings. The molecular formula is C24H14F5N7O2S. The second-order valence-corrected chi connectivity index (χ2v) is 9.04. The molecule has 0 saturated heterocycles. The summed E-state index contributed by atoms with van der Waals surface area (Å²) in [6.45, 7) is 0. The van der Waals surface area contributed by atoms with Gasteiger partial charge in [0.1, 0.15) is 22.5 Å². The molecule has 39 heavy (non-hydrogen) atoms. The van der Waals surface area contributed by atoms with Crippen LogP contribution in [0.2, 0.25) is 0 Å². The number of anilines is 1. The summed E-state index contributed by atoms with van der Waals surface area (Å²) in [6.07, 6.45) is -2.43. The predicted molar refractivity (Wildman–Crippen MR) is 129 cm³/mol. The fourth-order valence-corrected chi connectivity index (χ4v) is 4.28. The first-order valence-corrected chi connectivity index (χ1v) is 11.8. The monoisotopic (exact) mass is 559 g/mol. The molecule has 15 heteroatoms. The topological polar surface area (TPSA) is 118 Å². The zero-order chi connectivity index (χ0) is 27.7. The van der Waals surface area contributed by atoms with Crippen LogP contribution in [0.25, 0.3) is 17.1 Å². The molecular weight excluding hydrogens is 545 g/mol. The van der Waals surface area contributed by atoms with Gasteiger partial charge in [-0.1, -0.05) is 11.3 Å². The SMILES string of the molecule is O=C(Nc1cc(Cc2n[nH]c(=O)s2)nn1-c1ccc(F)cc1)c1cc(-c2ncccn2)c(C(F)(F)F)cc1F. The fraction of sp³-hybridized carbons (Fsp3) is 0.0833. The Morgan fingerprint density at radius 2 is 1.77 bits per heavy atom. The van der Waals surface area contributed by atoms with E-state index >= 15 is 0 Å². The van der Waals surface area contributed by atoms with Crippen LogP contribution >= 0.6 is 11.3 Å². The maximum Gasteiger partial charge on any atom is 0.417 e. The molecule has 5 rings (SSSR count). The Balaban J connectivity index is 1.55. The average Bonchev–Trinajstić information content (AvgIpc) is 3.49. The van der Waals surface area contributed by atoms with E-state index in [1.165, 1.54) is 41.3 Å². The lowest BCUT2D eigenvalue weighted by Crippen LogP contribution is -2.18. The lowest BCUT2D eigenvalue weighted by atomic mass is 10.0. The lowest BCUT2D eigenvalue weighted by Gasteiger charge is -2.15. The number of nitrogens with one attached hydrogen (secondary N) is 2.